The topological polar surface area (TPSA) is 65.8 Å². The Morgan fingerprint density at radius 1 is 1.05 bits per heavy atom. The Bertz CT molecular complexity index is 1680. The largest absolute Gasteiger partial charge is 0.416 e. The van der Waals surface area contributed by atoms with Crippen LogP contribution in [0.1, 0.15) is 38.4 Å². The number of benzene rings is 2. The molecule has 0 radical (unpaired) electrons. The summed E-state index contributed by atoms with van der Waals surface area (Å²) in [5.74, 6) is 4.42. The second kappa shape index (κ2) is 11.5. The summed E-state index contributed by atoms with van der Waals surface area (Å²) in [6.07, 6.45) is -3.03. The van der Waals surface area contributed by atoms with Crippen molar-refractivity contribution in [1.82, 2.24) is 24.4 Å². The van der Waals surface area contributed by atoms with Crippen molar-refractivity contribution in [3.8, 4) is 11.8 Å². The molecule has 4 aromatic rings. The van der Waals surface area contributed by atoms with Gasteiger partial charge in [-0.25, -0.2) is 4.39 Å². The number of fused-ring (bicyclic) bond motifs is 1. The molecule has 0 atom stereocenters. The number of rotatable bonds is 4. The summed E-state index contributed by atoms with van der Waals surface area (Å²) >= 11 is 6.04. The maximum absolute atomic E-state index is 14.8. The van der Waals surface area contributed by atoms with Crippen LogP contribution in [0.4, 0.5) is 23.2 Å². The summed E-state index contributed by atoms with van der Waals surface area (Å²) in [5, 5.41) is 10.9. The van der Waals surface area contributed by atoms with Gasteiger partial charge in [0.15, 0.2) is 5.65 Å². The molecule has 12 heteroatoms. The Morgan fingerprint density at radius 2 is 1.80 bits per heavy atom. The first-order valence-corrected chi connectivity index (χ1v) is 13.1. The van der Waals surface area contributed by atoms with Crippen LogP contribution in [0.25, 0.3) is 5.65 Å². The quantitative estimate of drug-likeness (QED) is 0.262. The Hall–Kier alpha value is -3.98. The van der Waals surface area contributed by atoms with E-state index in [0.29, 0.717) is 23.8 Å². The van der Waals surface area contributed by atoms with Gasteiger partial charge >= 0.3 is 6.18 Å². The van der Waals surface area contributed by atoms with Crippen molar-refractivity contribution in [3.63, 3.8) is 0 Å². The molecule has 1 aliphatic heterocycles. The number of piperazine rings is 1. The zero-order valence-corrected chi connectivity index (χ0v) is 22.9. The van der Waals surface area contributed by atoms with Gasteiger partial charge in [-0.15, -0.1) is 10.2 Å². The number of pyridine rings is 1. The summed E-state index contributed by atoms with van der Waals surface area (Å²) in [5.41, 5.74) is 0.0905. The van der Waals surface area contributed by atoms with Crippen molar-refractivity contribution < 1.29 is 22.4 Å². The Kier molecular flexibility index (Phi) is 8.00. The third-order valence-electron chi connectivity index (χ3n) is 6.94. The van der Waals surface area contributed by atoms with Gasteiger partial charge in [0.2, 0.25) is 5.82 Å². The molecular formula is C29H25ClF4N6O. The smallest absolute Gasteiger partial charge is 0.322 e. The third-order valence-corrected chi connectivity index (χ3v) is 7.17. The van der Waals surface area contributed by atoms with Gasteiger partial charge in [0.05, 0.1) is 10.6 Å². The third kappa shape index (κ3) is 6.51. The molecule has 0 unspecified atom stereocenters. The predicted molar refractivity (Wildman–Crippen MR) is 147 cm³/mol. The van der Waals surface area contributed by atoms with Crippen molar-refractivity contribution in [2.45, 2.75) is 19.6 Å². The number of alkyl halides is 3. The van der Waals surface area contributed by atoms with E-state index in [1.807, 2.05) is 11.9 Å². The molecule has 1 fully saturated rings. The van der Waals surface area contributed by atoms with E-state index in [0.717, 1.165) is 25.2 Å². The predicted octanol–water partition coefficient (Wildman–Crippen LogP) is 5.25. The lowest BCUT2D eigenvalue weighted by Crippen LogP contribution is -2.44. The minimum absolute atomic E-state index is 0.0510. The average molecular weight is 585 g/mol. The van der Waals surface area contributed by atoms with Gasteiger partial charge in [0, 0.05) is 61.3 Å². The zero-order chi connectivity index (χ0) is 29.3. The number of hydrogen-bond acceptors (Lipinski definition) is 5. The molecule has 1 N–H and O–H groups in total. The van der Waals surface area contributed by atoms with E-state index in [1.165, 1.54) is 25.1 Å². The normalized spacial score (nSPS) is 14.6. The summed E-state index contributed by atoms with van der Waals surface area (Å²) < 4.78 is 58.2. The van der Waals surface area contributed by atoms with Gasteiger partial charge in [0.25, 0.3) is 5.91 Å². The van der Waals surface area contributed by atoms with E-state index < -0.39 is 23.5 Å². The van der Waals surface area contributed by atoms with Crippen LogP contribution in [0.5, 0.6) is 0 Å². The van der Waals surface area contributed by atoms with E-state index in [1.54, 1.807) is 22.7 Å². The molecule has 1 saturated heterocycles. The molecule has 2 aromatic carbocycles. The number of carbonyl (C=O) groups excluding carboxylic acids is 1. The fourth-order valence-electron chi connectivity index (χ4n) is 4.52. The van der Waals surface area contributed by atoms with Gasteiger partial charge in [-0.2, -0.15) is 13.2 Å². The van der Waals surface area contributed by atoms with Crippen molar-refractivity contribution in [2.24, 2.45) is 0 Å². The van der Waals surface area contributed by atoms with Crippen LogP contribution < -0.4 is 5.32 Å². The first kappa shape index (κ1) is 28.5. The second-order valence-corrected chi connectivity index (χ2v) is 10.3. The van der Waals surface area contributed by atoms with Crippen LogP contribution >= 0.6 is 11.6 Å². The number of hydrogen-bond donors (Lipinski definition) is 1. The van der Waals surface area contributed by atoms with E-state index >= 15 is 0 Å². The van der Waals surface area contributed by atoms with E-state index in [9.17, 15) is 22.4 Å². The number of nitrogens with one attached hydrogen (secondary N) is 1. The molecule has 0 bridgehead atoms. The fourth-order valence-corrected chi connectivity index (χ4v) is 4.68. The lowest BCUT2D eigenvalue weighted by Gasteiger charge is -2.33. The first-order chi connectivity index (χ1) is 19.5. The van der Waals surface area contributed by atoms with Gasteiger partial charge in [-0.3, -0.25) is 14.1 Å². The Labute approximate surface area is 238 Å². The van der Waals surface area contributed by atoms with E-state index in [-0.39, 0.29) is 40.3 Å². The van der Waals surface area contributed by atoms with Gasteiger partial charge < -0.3 is 10.2 Å². The van der Waals surface area contributed by atoms with Gasteiger partial charge in [-0.05, 0) is 61.9 Å². The lowest BCUT2D eigenvalue weighted by molar-refractivity contribution is -0.138. The molecule has 5 rings (SSSR count). The number of amides is 1. The highest BCUT2D eigenvalue weighted by atomic mass is 35.5. The SMILES string of the molecule is Cc1c(F)cc(C(=O)Nc2ccc(CN3CCN(C)CC3)c(C(F)(F)F)c2)cc1C#Cc1nnc2ccc(Cl)cn12. The molecular weight excluding hydrogens is 560 g/mol. The maximum Gasteiger partial charge on any atom is 0.416 e. The number of halogens is 5. The van der Waals surface area contributed by atoms with Crippen LogP contribution in [0, 0.1) is 24.6 Å². The summed E-state index contributed by atoms with van der Waals surface area (Å²) in [6.45, 7) is 4.54. The lowest BCUT2D eigenvalue weighted by atomic mass is 10.0. The minimum Gasteiger partial charge on any atom is -0.322 e. The molecule has 1 amide bonds. The molecule has 212 valence electrons. The minimum atomic E-state index is -4.61. The Morgan fingerprint density at radius 3 is 2.54 bits per heavy atom. The standard InChI is InChI=1S/C29H25ClF4N6O/c1-18-19(4-7-26-36-37-27-8-5-22(30)17-40(26)27)13-21(14-25(18)31)28(41)35-23-6-3-20(24(15-23)29(32,33)34)16-39-11-9-38(2)10-12-39/h3,5-6,8,13-15,17H,9-12,16H2,1-2H3,(H,35,41). The van der Waals surface area contributed by atoms with Crippen LogP contribution in [0.15, 0.2) is 48.7 Å². The van der Waals surface area contributed by atoms with E-state index in [4.69, 9.17) is 11.6 Å². The summed E-state index contributed by atoms with van der Waals surface area (Å²) in [6, 6.07) is 9.43. The molecule has 0 saturated carbocycles. The summed E-state index contributed by atoms with van der Waals surface area (Å²) in [7, 11) is 1.97. The molecule has 2 aromatic heterocycles. The van der Waals surface area contributed by atoms with Gasteiger partial charge in [0.1, 0.15) is 5.82 Å². The highest BCUT2D eigenvalue weighted by molar-refractivity contribution is 6.30. The second-order valence-electron chi connectivity index (χ2n) is 9.88. The maximum atomic E-state index is 14.8. The van der Waals surface area contributed by atoms with Crippen molar-refractivity contribution in [2.75, 3.05) is 38.5 Å². The number of likely N-dealkylation sites (N-methyl/N-ethyl adjacent to an activating group) is 1. The molecule has 7 nitrogen and oxygen atoms in total. The van der Waals surface area contributed by atoms with Crippen molar-refractivity contribution in [1.29, 1.82) is 0 Å². The molecule has 0 spiro atoms. The van der Waals surface area contributed by atoms with Crippen molar-refractivity contribution in [3.05, 3.63) is 93.1 Å². The molecule has 1 aliphatic rings. The highest BCUT2D eigenvalue weighted by Crippen LogP contribution is 2.35. The molecule has 3 heterocycles. The number of anilines is 1. The fraction of sp³-hybridized carbons (Fsp3) is 0.276. The van der Waals surface area contributed by atoms with Crippen LogP contribution in [-0.2, 0) is 12.7 Å². The molecule has 0 aliphatic carbocycles. The average Bonchev–Trinajstić information content (AvgIpc) is 3.32. The van der Waals surface area contributed by atoms with Gasteiger partial charge in [-0.1, -0.05) is 23.6 Å². The Balaban J connectivity index is 1.39. The molecule has 41 heavy (non-hydrogen) atoms. The van der Waals surface area contributed by atoms with E-state index in [2.05, 4.69) is 32.3 Å². The summed E-state index contributed by atoms with van der Waals surface area (Å²) in [4.78, 5) is 17.1. The number of carbonyl (C=O) groups is 1. The van der Waals surface area contributed by atoms with Crippen molar-refractivity contribution >= 4 is 28.8 Å². The van der Waals surface area contributed by atoms with Crippen LogP contribution in [-0.4, -0.2) is 63.5 Å². The number of nitrogens with zero attached hydrogens (tertiary/aromatic N) is 5. The zero-order valence-electron chi connectivity index (χ0n) is 22.2. The first-order valence-electron chi connectivity index (χ1n) is 12.7. The monoisotopic (exact) mass is 584 g/mol. The number of aromatic nitrogens is 3. The highest BCUT2D eigenvalue weighted by Gasteiger charge is 2.34. The van der Waals surface area contributed by atoms with Crippen LogP contribution in [0.2, 0.25) is 5.02 Å². The van der Waals surface area contributed by atoms with Crippen LogP contribution in [0.3, 0.4) is 0 Å².